The van der Waals surface area contributed by atoms with Crippen LogP contribution in [-0.4, -0.2) is 32.4 Å². The summed E-state index contributed by atoms with van der Waals surface area (Å²) in [6.45, 7) is 3.82. The summed E-state index contributed by atoms with van der Waals surface area (Å²) in [5.41, 5.74) is 2.36. The number of nitrogens with zero attached hydrogens (tertiary/aromatic N) is 4. The van der Waals surface area contributed by atoms with Gasteiger partial charge in [0.05, 0.1) is 28.3 Å². The van der Waals surface area contributed by atoms with E-state index in [1.54, 1.807) is 70.6 Å². The van der Waals surface area contributed by atoms with E-state index < -0.39 is 0 Å². The third-order valence-electron chi connectivity index (χ3n) is 5.58. The van der Waals surface area contributed by atoms with Gasteiger partial charge in [-0.1, -0.05) is 35.5 Å². The summed E-state index contributed by atoms with van der Waals surface area (Å²) >= 11 is 7.62. The van der Waals surface area contributed by atoms with Crippen LogP contribution in [0.3, 0.4) is 0 Å². The van der Waals surface area contributed by atoms with Gasteiger partial charge in [0.15, 0.2) is 5.17 Å². The topological polar surface area (TPSA) is 67.6 Å². The van der Waals surface area contributed by atoms with Crippen molar-refractivity contribution in [3.05, 3.63) is 99.6 Å². The van der Waals surface area contributed by atoms with Crippen molar-refractivity contribution in [2.45, 2.75) is 19.9 Å². The molecule has 0 unspecified atom stereocenters. The van der Waals surface area contributed by atoms with Crippen LogP contribution in [0.5, 0.6) is 0 Å². The SMILES string of the molecule is Cc1nc2ccccc2c(=O)n1-c1ccc(C(=O)N(C2=N[C@@H](C)CS2)c2ccc(Cl)cc2)cc1. The third-order valence-corrected chi connectivity index (χ3v) is 7.03. The molecule has 1 aliphatic heterocycles. The van der Waals surface area contributed by atoms with Gasteiger partial charge in [-0.25, -0.2) is 4.98 Å². The molecule has 1 aromatic heterocycles. The molecular formula is C26H21ClN4O2S. The molecule has 4 aromatic rings. The van der Waals surface area contributed by atoms with E-state index in [0.29, 0.717) is 43.9 Å². The lowest BCUT2D eigenvalue weighted by molar-refractivity contribution is 0.100. The standard InChI is InChI=1S/C26H21ClN4O2S/c1-16-15-34-26(28-16)31(21-13-9-19(27)10-14-21)24(32)18-7-11-20(12-8-18)30-17(2)29-23-6-4-3-5-22(23)25(30)33/h3-14,16H,15H2,1-2H3/t16-/m0/s1. The first-order chi connectivity index (χ1) is 16.4. The molecule has 1 atom stereocenters. The van der Waals surface area contributed by atoms with Gasteiger partial charge in [-0.2, -0.15) is 0 Å². The summed E-state index contributed by atoms with van der Waals surface area (Å²) < 4.78 is 1.56. The van der Waals surface area contributed by atoms with E-state index in [-0.39, 0.29) is 17.5 Å². The lowest BCUT2D eigenvalue weighted by atomic mass is 10.1. The number of aromatic nitrogens is 2. The number of carbonyl (C=O) groups is 1. The Balaban J connectivity index is 1.53. The van der Waals surface area contributed by atoms with Crippen molar-refractivity contribution in [1.82, 2.24) is 9.55 Å². The first kappa shape index (κ1) is 22.4. The number of amidine groups is 1. The first-order valence-corrected chi connectivity index (χ1v) is 12.2. The lowest BCUT2D eigenvalue weighted by Crippen LogP contribution is -2.34. The van der Waals surface area contributed by atoms with E-state index in [4.69, 9.17) is 11.6 Å². The molecule has 8 heteroatoms. The average molecular weight is 489 g/mol. The lowest BCUT2D eigenvalue weighted by Gasteiger charge is -2.22. The molecule has 0 saturated carbocycles. The van der Waals surface area contributed by atoms with Crippen LogP contribution in [0.25, 0.3) is 16.6 Å². The van der Waals surface area contributed by atoms with Crippen LogP contribution < -0.4 is 10.5 Å². The minimum Gasteiger partial charge on any atom is -0.268 e. The molecule has 6 nitrogen and oxygen atoms in total. The van der Waals surface area contributed by atoms with Crippen molar-refractivity contribution in [3.8, 4) is 5.69 Å². The van der Waals surface area contributed by atoms with E-state index in [1.807, 2.05) is 37.3 Å². The highest BCUT2D eigenvalue weighted by molar-refractivity contribution is 8.14. The van der Waals surface area contributed by atoms with Crippen LogP contribution in [0.1, 0.15) is 23.1 Å². The highest BCUT2D eigenvalue weighted by atomic mass is 35.5. The summed E-state index contributed by atoms with van der Waals surface area (Å²) in [7, 11) is 0. The summed E-state index contributed by atoms with van der Waals surface area (Å²) in [5.74, 6) is 1.20. The Morgan fingerprint density at radius 1 is 1.06 bits per heavy atom. The second-order valence-corrected chi connectivity index (χ2v) is 9.48. The molecule has 0 aliphatic carbocycles. The maximum Gasteiger partial charge on any atom is 0.265 e. The summed E-state index contributed by atoms with van der Waals surface area (Å²) in [4.78, 5) is 37.5. The number of rotatable bonds is 3. The van der Waals surface area contributed by atoms with Crippen molar-refractivity contribution < 1.29 is 4.79 Å². The first-order valence-electron chi connectivity index (χ1n) is 10.8. The molecule has 2 heterocycles. The van der Waals surface area contributed by atoms with Crippen LogP contribution in [0, 0.1) is 6.92 Å². The number of carbonyl (C=O) groups excluding carboxylic acids is 1. The summed E-state index contributed by atoms with van der Waals surface area (Å²) in [5, 5.41) is 1.81. The van der Waals surface area contributed by atoms with Gasteiger partial charge in [0.2, 0.25) is 0 Å². The van der Waals surface area contributed by atoms with Crippen molar-refractivity contribution in [1.29, 1.82) is 0 Å². The number of para-hydroxylation sites is 1. The van der Waals surface area contributed by atoms with Crippen LogP contribution in [0.4, 0.5) is 5.69 Å². The highest BCUT2D eigenvalue weighted by Gasteiger charge is 2.27. The molecule has 1 amide bonds. The van der Waals surface area contributed by atoms with Gasteiger partial charge < -0.3 is 0 Å². The van der Waals surface area contributed by atoms with Crippen LogP contribution in [0.2, 0.25) is 5.02 Å². The summed E-state index contributed by atoms with van der Waals surface area (Å²) in [6.07, 6.45) is 0. The Labute approximate surface area is 205 Å². The molecule has 5 rings (SSSR count). The van der Waals surface area contributed by atoms with Crippen molar-refractivity contribution in [2.24, 2.45) is 4.99 Å². The van der Waals surface area contributed by atoms with E-state index in [1.165, 1.54) is 0 Å². The molecular weight excluding hydrogens is 468 g/mol. The zero-order valence-corrected chi connectivity index (χ0v) is 20.2. The highest BCUT2D eigenvalue weighted by Crippen LogP contribution is 2.28. The molecule has 1 aliphatic rings. The quantitative estimate of drug-likeness (QED) is 0.382. The molecule has 0 saturated heterocycles. The number of amides is 1. The molecule has 0 radical (unpaired) electrons. The smallest absolute Gasteiger partial charge is 0.265 e. The predicted octanol–water partition coefficient (Wildman–Crippen LogP) is 5.49. The molecule has 0 spiro atoms. The molecule has 34 heavy (non-hydrogen) atoms. The average Bonchev–Trinajstić information content (AvgIpc) is 3.26. The number of hydrogen-bond acceptors (Lipinski definition) is 5. The third kappa shape index (κ3) is 4.13. The van der Waals surface area contributed by atoms with E-state index in [2.05, 4.69) is 9.98 Å². The Morgan fingerprint density at radius 3 is 2.44 bits per heavy atom. The second-order valence-electron chi connectivity index (χ2n) is 8.05. The fourth-order valence-electron chi connectivity index (χ4n) is 3.92. The molecule has 3 aromatic carbocycles. The van der Waals surface area contributed by atoms with Crippen molar-refractivity contribution >= 4 is 51.0 Å². The molecule has 0 fully saturated rings. The molecule has 0 N–H and O–H groups in total. The minimum atomic E-state index is -0.199. The molecule has 170 valence electrons. The van der Waals surface area contributed by atoms with Crippen LogP contribution in [-0.2, 0) is 0 Å². The number of aryl methyl sites for hydroxylation is 1. The number of halogens is 1. The van der Waals surface area contributed by atoms with Gasteiger partial charge in [-0.15, -0.1) is 0 Å². The number of benzene rings is 3. The number of fused-ring (bicyclic) bond motifs is 1. The maximum absolute atomic E-state index is 13.6. The normalized spacial score (nSPS) is 15.4. The van der Waals surface area contributed by atoms with Crippen LogP contribution in [0.15, 0.2) is 82.6 Å². The van der Waals surface area contributed by atoms with Crippen molar-refractivity contribution in [2.75, 3.05) is 10.7 Å². The Hall–Kier alpha value is -3.42. The van der Waals surface area contributed by atoms with Crippen molar-refractivity contribution in [3.63, 3.8) is 0 Å². The monoisotopic (exact) mass is 488 g/mol. The van der Waals surface area contributed by atoms with E-state index >= 15 is 0 Å². The fourth-order valence-corrected chi connectivity index (χ4v) is 5.08. The van der Waals surface area contributed by atoms with Gasteiger partial charge in [0.25, 0.3) is 11.5 Å². The number of aliphatic imine (C=N–C) groups is 1. The Kier molecular flexibility index (Phi) is 5.98. The maximum atomic E-state index is 13.6. The fraction of sp³-hybridized carbons (Fsp3) is 0.154. The zero-order valence-electron chi connectivity index (χ0n) is 18.6. The predicted molar refractivity (Wildman–Crippen MR) is 140 cm³/mol. The van der Waals surface area contributed by atoms with Crippen LogP contribution >= 0.6 is 23.4 Å². The number of thioether (sulfide) groups is 1. The van der Waals surface area contributed by atoms with Gasteiger partial charge >= 0.3 is 0 Å². The van der Waals surface area contributed by atoms with E-state index in [9.17, 15) is 9.59 Å². The van der Waals surface area contributed by atoms with E-state index in [0.717, 1.165) is 5.75 Å². The van der Waals surface area contributed by atoms with Gasteiger partial charge in [-0.3, -0.25) is 24.0 Å². The van der Waals surface area contributed by atoms with Gasteiger partial charge in [0.1, 0.15) is 5.82 Å². The molecule has 0 bridgehead atoms. The Bertz CT molecular complexity index is 1480. The van der Waals surface area contributed by atoms with Gasteiger partial charge in [0, 0.05) is 16.3 Å². The zero-order chi connectivity index (χ0) is 23.8. The largest absolute Gasteiger partial charge is 0.268 e. The Morgan fingerprint density at radius 2 is 1.76 bits per heavy atom. The summed E-state index contributed by atoms with van der Waals surface area (Å²) in [6, 6.07) is 21.5. The van der Waals surface area contributed by atoms with Gasteiger partial charge in [-0.05, 0) is 74.5 Å². The minimum absolute atomic E-state index is 0.139. The number of anilines is 1. The second kappa shape index (κ2) is 9.08. The number of hydrogen-bond donors (Lipinski definition) is 0.